The Bertz CT molecular complexity index is 913. The first kappa shape index (κ1) is 24.0. The number of aliphatic hydroxyl groups excluding tert-OH is 1. The third kappa shape index (κ3) is 6.28. The van der Waals surface area contributed by atoms with Crippen LogP contribution in [-0.4, -0.2) is 66.8 Å². The van der Waals surface area contributed by atoms with Crippen molar-refractivity contribution in [3.63, 3.8) is 0 Å². The second-order valence-electron chi connectivity index (χ2n) is 9.19. The Kier molecular flexibility index (Phi) is 8.28. The van der Waals surface area contributed by atoms with Crippen molar-refractivity contribution in [1.29, 1.82) is 0 Å². The van der Waals surface area contributed by atoms with E-state index in [0.29, 0.717) is 43.7 Å². The van der Waals surface area contributed by atoms with Gasteiger partial charge < -0.3 is 19.5 Å². The molecule has 0 saturated heterocycles. The molecule has 1 fully saturated rings. The molecular formula is C26H36N2O4S. The molecule has 2 aromatic rings. The van der Waals surface area contributed by atoms with E-state index in [1.165, 1.54) is 23.3 Å². The number of thiophene rings is 1. The lowest BCUT2D eigenvalue weighted by atomic mass is 10.0. The molecule has 0 spiro atoms. The number of hydrogen-bond acceptors (Lipinski definition) is 6. The van der Waals surface area contributed by atoms with Gasteiger partial charge in [0.15, 0.2) is 11.5 Å². The van der Waals surface area contributed by atoms with Crippen molar-refractivity contribution in [2.24, 2.45) is 5.92 Å². The van der Waals surface area contributed by atoms with Gasteiger partial charge in [0.1, 0.15) is 6.61 Å². The highest BCUT2D eigenvalue weighted by atomic mass is 32.1. The number of amides is 1. The minimum absolute atomic E-state index is 0.116. The van der Waals surface area contributed by atoms with Gasteiger partial charge in [0, 0.05) is 24.5 Å². The summed E-state index contributed by atoms with van der Waals surface area (Å²) in [6.07, 6.45) is 4.67. The number of rotatable bonds is 12. The number of aliphatic hydroxyl groups is 1. The van der Waals surface area contributed by atoms with Gasteiger partial charge in [-0.05, 0) is 60.7 Å². The summed E-state index contributed by atoms with van der Waals surface area (Å²) in [7, 11) is 1.64. The number of para-hydroxylation sites is 2. The van der Waals surface area contributed by atoms with Gasteiger partial charge in [-0.15, -0.1) is 11.3 Å². The Hall–Kier alpha value is -2.09. The van der Waals surface area contributed by atoms with E-state index in [-0.39, 0.29) is 18.1 Å². The molecule has 180 valence electrons. The Morgan fingerprint density at radius 3 is 2.79 bits per heavy atom. The van der Waals surface area contributed by atoms with Crippen LogP contribution in [0.4, 0.5) is 0 Å². The number of carbonyl (C=O) groups excluding carboxylic acids is 1. The molecule has 2 heterocycles. The fourth-order valence-electron chi connectivity index (χ4n) is 4.66. The molecule has 2 atom stereocenters. The van der Waals surface area contributed by atoms with Crippen molar-refractivity contribution in [2.45, 2.75) is 51.2 Å². The molecule has 2 aliphatic rings. The third-order valence-electron chi connectivity index (χ3n) is 6.54. The summed E-state index contributed by atoms with van der Waals surface area (Å²) in [6.45, 7) is 4.97. The summed E-state index contributed by atoms with van der Waals surface area (Å²) >= 11 is 1.75. The largest absolute Gasteiger partial charge is 0.493 e. The van der Waals surface area contributed by atoms with Gasteiger partial charge in [-0.3, -0.25) is 9.69 Å². The minimum atomic E-state index is -0.379. The van der Waals surface area contributed by atoms with Crippen LogP contribution in [0, 0.1) is 5.92 Å². The molecule has 0 bridgehead atoms. The number of carbonyl (C=O) groups is 1. The summed E-state index contributed by atoms with van der Waals surface area (Å²) in [4.78, 5) is 19.0. The molecule has 1 N–H and O–H groups in total. The monoisotopic (exact) mass is 472 g/mol. The molecule has 33 heavy (non-hydrogen) atoms. The zero-order valence-corrected chi connectivity index (χ0v) is 20.6. The molecule has 0 unspecified atom stereocenters. The fourth-order valence-corrected chi connectivity index (χ4v) is 5.58. The van der Waals surface area contributed by atoms with Crippen LogP contribution in [0.1, 0.15) is 49.1 Å². The second kappa shape index (κ2) is 11.4. The topological polar surface area (TPSA) is 62.2 Å². The summed E-state index contributed by atoms with van der Waals surface area (Å²) in [5.41, 5.74) is 1.19. The van der Waals surface area contributed by atoms with Crippen molar-refractivity contribution >= 4 is 17.2 Å². The van der Waals surface area contributed by atoms with Crippen LogP contribution in [-0.2, 0) is 11.2 Å². The highest BCUT2D eigenvalue weighted by Gasteiger charge is 2.34. The van der Waals surface area contributed by atoms with Crippen LogP contribution in [0.2, 0.25) is 0 Å². The van der Waals surface area contributed by atoms with Gasteiger partial charge in [-0.2, -0.15) is 0 Å². The Morgan fingerprint density at radius 2 is 2.06 bits per heavy atom. The van der Waals surface area contributed by atoms with E-state index in [0.717, 1.165) is 25.8 Å². The molecule has 1 saturated carbocycles. The smallest absolute Gasteiger partial charge is 0.237 e. The SMILES string of the molecule is CCC[C@H](O)CN(CC(=O)N1CCc2sccc2[C@@H]1COc1ccccc1OC)CC1CC1. The highest BCUT2D eigenvalue weighted by Crippen LogP contribution is 2.35. The minimum Gasteiger partial charge on any atom is -0.493 e. The predicted molar refractivity (Wildman–Crippen MR) is 131 cm³/mol. The van der Waals surface area contributed by atoms with E-state index < -0.39 is 0 Å². The molecule has 1 aliphatic carbocycles. The van der Waals surface area contributed by atoms with Crippen LogP contribution in [0.3, 0.4) is 0 Å². The predicted octanol–water partition coefficient (Wildman–Crippen LogP) is 4.13. The number of fused-ring (bicyclic) bond motifs is 1. The third-order valence-corrected chi connectivity index (χ3v) is 7.54. The lowest BCUT2D eigenvalue weighted by molar-refractivity contribution is -0.136. The number of ether oxygens (including phenoxy) is 2. The van der Waals surface area contributed by atoms with Gasteiger partial charge in [0.2, 0.25) is 5.91 Å². The maximum absolute atomic E-state index is 13.6. The van der Waals surface area contributed by atoms with E-state index >= 15 is 0 Å². The molecule has 1 aromatic heterocycles. The average molecular weight is 473 g/mol. The number of hydrogen-bond donors (Lipinski definition) is 1. The first-order valence-electron chi connectivity index (χ1n) is 12.1. The standard InChI is InChI=1S/C26H36N2O4S/c1-3-6-20(29)16-27(15-19-9-10-19)17-26(30)28-13-11-25-21(12-14-33-25)22(28)18-32-24-8-5-4-7-23(24)31-2/h4-5,7-8,12,14,19-20,22,29H,3,6,9-11,13,15-18H2,1-2H3/t20-,22-/m0/s1. The summed E-state index contributed by atoms with van der Waals surface area (Å²) < 4.78 is 11.6. The second-order valence-corrected chi connectivity index (χ2v) is 10.2. The van der Waals surface area contributed by atoms with Gasteiger partial charge in [-0.25, -0.2) is 0 Å². The number of methoxy groups -OCH3 is 1. The van der Waals surface area contributed by atoms with E-state index in [4.69, 9.17) is 9.47 Å². The number of benzene rings is 1. The van der Waals surface area contributed by atoms with E-state index in [9.17, 15) is 9.90 Å². The van der Waals surface area contributed by atoms with Crippen molar-refractivity contribution in [3.8, 4) is 11.5 Å². The van der Waals surface area contributed by atoms with Gasteiger partial charge in [-0.1, -0.05) is 25.5 Å². The van der Waals surface area contributed by atoms with Gasteiger partial charge in [0.25, 0.3) is 0 Å². The zero-order chi connectivity index (χ0) is 23.2. The highest BCUT2D eigenvalue weighted by molar-refractivity contribution is 7.10. The molecule has 1 aliphatic heterocycles. The lowest BCUT2D eigenvalue weighted by Crippen LogP contribution is -2.48. The average Bonchev–Trinajstić information content (AvgIpc) is 3.49. The Labute approximate surface area is 201 Å². The van der Waals surface area contributed by atoms with Gasteiger partial charge in [0.05, 0.1) is 25.8 Å². The quantitative estimate of drug-likeness (QED) is 0.503. The van der Waals surface area contributed by atoms with Crippen molar-refractivity contribution in [2.75, 3.05) is 39.9 Å². The van der Waals surface area contributed by atoms with Crippen LogP contribution in [0.5, 0.6) is 11.5 Å². The summed E-state index contributed by atoms with van der Waals surface area (Å²) in [5, 5.41) is 12.5. The number of nitrogens with zero attached hydrogens (tertiary/aromatic N) is 2. The van der Waals surface area contributed by atoms with Gasteiger partial charge >= 0.3 is 0 Å². The zero-order valence-electron chi connectivity index (χ0n) is 19.7. The Morgan fingerprint density at radius 1 is 1.27 bits per heavy atom. The van der Waals surface area contributed by atoms with E-state index in [1.807, 2.05) is 29.2 Å². The van der Waals surface area contributed by atoms with Crippen LogP contribution >= 0.6 is 11.3 Å². The molecular weight excluding hydrogens is 436 g/mol. The van der Waals surface area contributed by atoms with Crippen LogP contribution < -0.4 is 9.47 Å². The lowest BCUT2D eigenvalue weighted by Gasteiger charge is -2.37. The van der Waals surface area contributed by atoms with Crippen LogP contribution in [0.15, 0.2) is 35.7 Å². The maximum Gasteiger partial charge on any atom is 0.237 e. The summed E-state index contributed by atoms with van der Waals surface area (Å²) in [5.74, 6) is 2.16. The molecule has 6 nitrogen and oxygen atoms in total. The van der Waals surface area contributed by atoms with E-state index in [1.54, 1.807) is 18.4 Å². The van der Waals surface area contributed by atoms with Crippen molar-refractivity contribution in [1.82, 2.24) is 9.80 Å². The maximum atomic E-state index is 13.6. The molecule has 4 rings (SSSR count). The molecule has 1 amide bonds. The normalized spacial score (nSPS) is 18.8. The Balaban J connectivity index is 1.47. The van der Waals surface area contributed by atoms with Crippen molar-refractivity contribution < 1.29 is 19.4 Å². The van der Waals surface area contributed by atoms with Crippen LogP contribution in [0.25, 0.3) is 0 Å². The summed E-state index contributed by atoms with van der Waals surface area (Å²) in [6, 6.07) is 9.63. The van der Waals surface area contributed by atoms with E-state index in [2.05, 4.69) is 23.3 Å². The molecule has 7 heteroatoms. The molecule has 0 radical (unpaired) electrons. The fraction of sp³-hybridized carbons (Fsp3) is 0.577. The first-order chi connectivity index (χ1) is 16.1. The van der Waals surface area contributed by atoms with Crippen molar-refractivity contribution in [3.05, 3.63) is 46.2 Å². The first-order valence-corrected chi connectivity index (χ1v) is 13.0. The molecule has 1 aromatic carbocycles.